The minimum absolute atomic E-state index is 0.0577. The van der Waals surface area contributed by atoms with Crippen LogP contribution in [-0.4, -0.2) is 39.2 Å². The van der Waals surface area contributed by atoms with E-state index in [1.807, 2.05) is 0 Å². The SMILES string of the molecule is COP(=O)(O)CC[C@]1(CCl)CC[C@H](n2ccc(N)nc2=O)O1. The summed E-state index contributed by atoms with van der Waals surface area (Å²) in [4.78, 5) is 25.0. The molecule has 0 spiro atoms. The first-order valence-corrected chi connectivity index (χ1v) is 9.06. The lowest BCUT2D eigenvalue weighted by atomic mass is 9.99. The molecule has 1 unspecified atom stereocenters. The fourth-order valence-electron chi connectivity index (χ4n) is 2.42. The molecule has 2 heterocycles. The van der Waals surface area contributed by atoms with Crippen LogP contribution in [0, 0.1) is 0 Å². The van der Waals surface area contributed by atoms with Crippen LogP contribution in [0.15, 0.2) is 17.1 Å². The number of hydrogen-bond acceptors (Lipinski definition) is 6. The summed E-state index contributed by atoms with van der Waals surface area (Å²) in [6, 6.07) is 1.51. The van der Waals surface area contributed by atoms with Gasteiger partial charge in [0.1, 0.15) is 12.0 Å². The van der Waals surface area contributed by atoms with E-state index in [-0.39, 0.29) is 24.3 Å². The molecule has 3 N–H and O–H groups in total. The maximum Gasteiger partial charge on any atom is 0.351 e. The number of alkyl halides is 1. The maximum absolute atomic E-state index is 11.8. The van der Waals surface area contributed by atoms with Crippen LogP contribution in [0.4, 0.5) is 5.82 Å². The van der Waals surface area contributed by atoms with E-state index in [0.29, 0.717) is 12.8 Å². The third-order valence-electron chi connectivity index (χ3n) is 3.77. The lowest BCUT2D eigenvalue weighted by molar-refractivity contribution is -0.0623. The number of nitrogen functional groups attached to an aromatic ring is 1. The zero-order valence-electron chi connectivity index (χ0n) is 12.1. The van der Waals surface area contributed by atoms with Crippen molar-refractivity contribution >= 4 is 25.0 Å². The number of aromatic nitrogens is 2. The molecule has 1 aromatic rings. The molecule has 22 heavy (non-hydrogen) atoms. The van der Waals surface area contributed by atoms with Gasteiger partial charge in [0.2, 0.25) is 0 Å². The molecule has 0 bridgehead atoms. The van der Waals surface area contributed by atoms with E-state index in [1.165, 1.54) is 23.9 Å². The van der Waals surface area contributed by atoms with Crippen molar-refractivity contribution in [3.63, 3.8) is 0 Å². The van der Waals surface area contributed by atoms with Crippen molar-refractivity contribution in [2.45, 2.75) is 31.1 Å². The van der Waals surface area contributed by atoms with E-state index in [4.69, 9.17) is 22.1 Å². The molecule has 0 aromatic carbocycles. The molecular formula is C12H19ClN3O5P. The predicted octanol–water partition coefficient (Wildman–Crippen LogP) is 1.33. The molecule has 1 aliphatic heterocycles. The largest absolute Gasteiger partial charge is 0.383 e. The van der Waals surface area contributed by atoms with Gasteiger partial charge in [-0.05, 0) is 25.3 Å². The summed E-state index contributed by atoms with van der Waals surface area (Å²) < 4.78 is 23.4. The van der Waals surface area contributed by atoms with Crippen LogP contribution in [0.1, 0.15) is 25.5 Å². The summed E-state index contributed by atoms with van der Waals surface area (Å²) in [6.45, 7) is 0. The topological polar surface area (TPSA) is 117 Å². The van der Waals surface area contributed by atoms with Crippen molar-refractivity contribution in [1.82, 2.24) is 9.55 Å². The average Bonchev–Trinajstić information content (AvgIpc) is 2.90. The molecule has 1 aromatic heterocycles. The number of nitrogens with two attached hydrogens (primary N) is 1. The van der Waals surface area contributed by atoms with Crippen LogP contribution in [0.25, 0.3) is 0 Å². The van der Waals surface area contributed by atoms with Gasteiger partial charge in [-0.3, -0.25) is 9.13 Å². The summed E-state index contributed by atoms with van der Waals surface area (Å²) >= 11 is 5.99. The summed E-state index contributed by atoms with van der Waals surface area (Å²) in [5.74, 6) is 0.300. The second-order valence-corrected chi connectivity index (χ2v) is 7.62. The Labute approximate surface area is 132 Å². The molecule has 1 fully saturated rings. The standard InChI is InChI=1S/C12H19ClN3O5P/c1-20-22(18,19)7-5-12(8-13)4-2-10(21-12)16-6-3-9(14)15-11(16)17/h3,6,10H,2,4-5,7-8H2,1H3,(H,18,19)(H2,14,15,17)/t10-,12+/m1/s1. The highest BCUT2D eigenvalue weighted by Crippen LogP contribution is 2.46. The molecule has 0 amide bonds. The first-order chi connectivity index (χ1) is 10.3. The summed E-state index contributed by atoms with van der Waals surface area (Å²) in [5.41, 5.74) is 4.20. The Balaban J connectivity index is 2.11. The summed E-state index contributed by atoms with van der Waals surface area (Å²) in [6.07, 6.45) is 2.35. The number of anilines is 1. The van der Waals surface area contributed by atoms with Crippen LogP contribution in [0.5, 0.6) is 0 Å². The van der Waals surface area contributed by atoms with Crippen molar-refractivity contribution in [2.24, 2.45) is 0 Å². The normalized spacial score (nSPS) is 27.7. The molecule has 0 aliphatic carbocycles. The number of ether oxygens (including phenoxy) is 1. The highest BCUT2D eigenvalue weighted by Gasteiger charge is 2.42. The quantitative estimate of drug-likeness (QED) is 0.586. The first-order valence-electron chi connectivity index (χ1n) is 6.77. The van der Waals surface area contributed by atoms with Gasteiger partial charge >= 0.3 is 13.3 Å². The fraction of sp³-hybridized carbons (Fsp3) is 0.667. The summed E-state index contributed by atoms with van der Waals surface area (Å²) in [5, 5.41) is 0. The van der Waals surface area contributed by atoms with Gasteiger partial charge in [0, 0.05) is 13.3 Å². The third-order valence-corrected chi connectivity index (χ3v) is 5.62. The first kappa shape index (κ1) is 17.4. The monoisotopic (exact) mass is 351 g/mol. The molecule has 8 nitrogen and oxygen atoms in total. The van der Waals surface area contributed by atoms with Crippen LogP contribution in [-0.2, 0) is 13.8 Å². The Hall–Kier alpha value is -0.920. The van der Waals surface area contributed by atoms with E-state index in [0.717, 1.165) is 0 Å². The van der Waals surface area contributed by atoms with Gasteiger partial charge in [0.25, 0.3) is 0 Å². The van der Waals surface area contributed by atoms with Crippen molar-refractivity contribution < 1.29 is 18.7 Å². The van der Waals surface area contributed by atoms with Gasteiger partial charge < -0.3 is 19.9 Å². The lowest BCUT2D eigenvalue weighted by Gasteiger charge is -2.28. The average molecular weight is 352 g/mol. The number of hydrogen-bond donors (Lipinski definition) is 2. The Kier molecular flexibility index (Phi) is 5.29. The van der Waals surface area contributed by atoms with Gasteiger partial charge in [-0.2, -0.15) is 4.98 Å². The van der Waals surface area contributed by atoms with Crippen LogP contribution >= 0.6 is 19.2 Å². The Morgan fingerprint density at radius 1 is 1.73 bits per heavy atom. The number of rotatable bonds is 6. The smallest absolute Gasteiger partial charge is 0.351 e. The molecular weight excluding hydrogens is 333 g/mol. The number of nitrogens with zero attached hydrogens (tertiary/aromatic N) is 2. The van der Waals surface area contributed by atoms with Crippen molar-refractivity contribution in [1.29, 1.82) is 0 Å². The van der Waals surface area contributed by atoms with E-state index in [2.05, 4.69) is 9.51 Å². The molecule has 2 rings (SSSR count). The van der Waals surface area contributed by atoms with Crippen LogP contribution in [0.2, 0.25) is 0 Å². The van der Waals surface area contributed by atoms with Gasteiger partial charge in [0.15, 0.2) is 0 Å². The van der Waals surface area contributed by atoms with E-state index >= 15 is 0 Å². The van der Waals surface area contributed by atoms with Gasteiger partial charge in [-0.15, -0.1) is 11.6 Å². The minimum atomic E-state index is -3.63. The fourth-order valence-corrected chi connectivity index (χ4v) is 3.62. The van der Waals surface area contributed by atoms with Crippen LogP contribution in [0.3, 0.4) is 0 Å². The van der Waals surface area contributed by atoms with Gasteiger partial charge in [0.05, 0.1) is 17.6 Å². The second kappa shape index (κ2) is 6.68. The van der Waals surface area contributed by atoms with Gasteiger partial charge in [-0.1, -0.05) is 0 Å². The third kappa shape index (κ3) is 3.88. The van der Waals surface area contributed by atoms with Crippen molar-refractivity contribution in [3.8, 4) is 0 Å². The van der Waals surface area contributed by atoms with E-state index in [1.54, 1.807) is 0 Å². The molecule has 0 radical (unpaired) electrons. The zero-order valence-corrected chi connectivity index (χ0v) is 13.8. The van der Waals surface area contributed by atoms with Gasteiger partial charge in [-0.25, -0.2) is 4.79 Å². The predicted molar refractivity (Wildman–Crippen MR) is 82.0 cm³/mol. The molecule has 3 atom stereocenters. The second-order valence-electron chi connectivity index (χ2n) is 5.26. The zero-order chi connectivity index (χ0) is 16.4. The molecule has 10 heteroatoms. The summed E-state index contributed by atoms with van der Waals surface area (Å²) in [7, 11) is -2.44. The van der Waals surface area contributed by atoms with E-state index in [9.17, 15) is 14.3 Å². The maximum atomic E-state index is 11.8. The van der Waals surface area contributed by atoms with Crippen LogP contribution < -0.4 is 11.4 Å². The van der Waals surface area contributed by atoms with Crippen molar-refractivity contribution in [2.75, 3.05) is 24.9 Å². The minimum Gasteiger partial charge on any atom is -0.383 e. The Morgan fingerprint density at radius 2 is 2.45 bits per heavy atom. The molecule has 0 saturated carbocycles. The molecule has 1 saturated heterocycles. The number of halogens is 1. The molecule has 124 valence electrons. The Morgan fingerprint density at radius 3 is 3.05 bits per heavy atom. The van der Waals surface area contributed by atoms with E-state index < -0.39 is 25.1 Å². The lowest BCUT2D eigenvalue weighted by Crippen LogP contribution is -2.34. The van der Waals surface area contributed by atoms with Crippen molar-refractivity contribution in [3.05, 3.63) is 22.7 Å². The molecule has 1 aliphatic rings. The highest BCUT2D eigenvalue weighted by atomic mass is 35.5. The highest BCUT2D eigenvalue weighted by molar-refractivity contribution is 7.52. The Bertz CT molecular complexity index is 639.